The summed E-state index contributed by atoms with van der Waals surface area (Å²) in [5.41, 5.74) is 1.08. The monoisotopic (exact) mass is 369 g/mol. The van der Waals surface area contributed by atoms with Crippen molar-refractivity contribution in [2.45, 2.75) is 25.8 Å². The largest absolute Gasteiger partial charge is 0.450 e. The minimum Gasteiger partial charge on any atom is -0.450 e. The van der Waals surface area contributed by atoms with E-state index in [1.54, 1.807) is 16.2 Å². The lowest BCUT2D eigenvalue weighted by atomic mass is 10.0. The maximum atomic E-state index is 11.9. The van der Waals surface area contributed by atoms with Gasteiger partial charge in [0, 0.05) is 31.6 Å². The van der Waals surface area contributed by atoms with Crippen molar-refractivity contribution in [3.8, 4) is 0 Å². The summed E-state index contributed by atoms with van der Waals surface area (Å²) < 4.78 is 6.32. The number of hydrogen-bond acceptors (Lipinski definition) is 5. The number of ether oxygens (including phenoxy) is 1. The number of amides is 1. The Morgan fingerprint density at radius 1 is 1.27 bits per heavy atom. The molecule has 5 nitrogen and oxygen atoms in total. The molecule has 0 N–H and O–H groups in total. The van der Waals surface area contributed by atoms with E-state index in [1.807, 2.05) is 6.92 Å². The molecule has 0 atom stereocenters. The fourth-order valence-corrected chi connectivity index (χ4v) is 4.62. The molecular weight excluding hydrogens is 346 g/mol. The van der Waals surface area contributed by atoms with Gasteiger partial charge in [0.25, 0.3) is 0 Å². The molecule has 0 unspecified atom stereocenters. The number of carbonyl (C=O) groups excluding carboxylic acids is 1. The minimum atomic E-state index is -0.194. The summed E-state index contributed by atoms with van der Waals surface area (Å²) in [6.45, 7) is 3.75. The van der Waals surface area contributed by atoms with Crippen molar-refractivity contribution in [2.24, 2.45) is 0 Å². The van der Waals surface area contributed by atoms with Crippen LogP contribution in [0.15, 0.2) is 36.4 Å². The van der Waals surface area contributed by atoms with Gasteiger partial charge in [0.2, 0.25) is 0 Å². The van der Waals surface area contributed by atoms with Gasteiger partial charge in [-0.2, -0.15) is 0 Å². The second kappa shape index (κ2) is 7.11. The van der Waals surface area contributed by atoms with Crippen molar-refractivity contribution < 1.29 is 9.53 Å². The first-order valence-electron chi connectivity index (χ1n) is 9.10. The van der Waals surface area contributed by atoms with Crippen LogP contribution in [-0.4, -0.2) is 48.8 Å². The summed E-state index contributed by atoms with van der Waals surface area (Å²) in [6, 6.07) is 13.1. The van der Waals surface area contributed by atoms with Gasteiger partial charge in [-0.05, 0) is 31.2 Å². The summed E-state index contributed by atoms with van der Waals surface area (Å²) in [4.78, 5) is 20.9. The van der Waals surface area contributed by atoms with Crippen LogP contribution in [0, 0.1) is 0 Å². The fourth-order valence-electron chi connectivity index (χ4n) is 3.61. The Kier molecular flexibility index (Phi) is 4.68. The highest BCUT2D eigenvalue weighted by molar-refractivity contribution is 7.22. The van der Waals surface area contributed by atoms with E-state index in [0.717, 1.165) is 36.6 Å². The van der Waals surface area contributed by atoms with E-state index in [9.17, 15) is 4.79 Å². The van der Waals surface area contributed by atoms with E-state index in [2.05, 4.69) is 48.3 Å². The molecule has 1 aromatic heterocycles. The number of nitrogens with zero attached hydrogens (tertiary/aromatic N) is 3. The average molecular weight is 369 g/mol. The zero-order chi connectivity index (χ0) is 18.1. The van der Waals surface area contributed by atoms with E-state index >= 15 is 0 Å². The van der Waals surface area contributed by atoms with Crippen LogP contribution in [0.2, 0.25) is 0 Å². The Morgan fingerprint density at radius 2 is 2.04 bits per heavy atom. The molecule has 1 fully saturated rings. The van der Waals surface area contributed by atoms with Gasteiger partial charge in [0.1, 0.15) is 0 Å². The zero-order valence-corrected chi connectivity index (χ0v) is 16.0. The second-order valence-electron chi connectivity index (χ2n) is 6.66. The summed E-state index contributed by atoms with van der Waals surface area (Å²) in [5, 5.41) is 3.48. The van der Waals surface area contributed by atoms with Gasteiger partial charge in [-0.1, -0.05) is 41.7 Å². The fraction of sp³-hybridized carbons (Fsp3) is 0.400. The van der Waals surface area contributed by atoms with E-state index in [4.69, 9.17) is 9.72 Å². The van der Waals surface area contributed by atoms with Crippen LogP contribution < -0.4 is 4.90 Å². The summed E-state index contributed by atoms with van der Waals surface area (Å²) in [5.74, 6) is 0. The van der Waals surface area contributed by atoms with Crippen molar-refractivity contribution >= 4 is 43.6 Å². The van der Waals surface area contributed by atoms with Gasteiger partial charge in [-0.25, -0.2) is 9.78 Å². The second-order valence-corrected chi connectivity index (χ2v) is 7.67. The van der Waals surface area contributed by atoms with Crippen LogP contribution in [0.1, 0.15) is 19.8 Å². The quantitative estimate of drug-likeness (QED) is 0.682. The van der Waals surface area contributed by atoms with Crippen LogP contribution in [0.4, 0.5) is 9.93 Å². The molecule has 2 aromatic carbocycles. The lowest BCUT2D eigenvalue weighted by Crippen LogP contribution is -2.45. The zero-order valence-electron chi connectivity index (χ0n) is 15.1. The number of benzene rings is 2. The Labute approximate surface area is 157 Å². The van der Waals surface area contributed by atoms with Gasteiger partial charge in [0.05, 0.1) is 16.8 Å². The standard InChI is InChI=1S/C20H23N3O2S/c1-3-25-20(24)23-12-10-15(11-13-23)22(2)19-21-18-16-7-5-4-6-14(16)8-9-17(18)26-19/h4-9,15H,3,10-13H2,1-2H3. The van der Waals surface area contributed by atoms with Crippen molar-refractivity contribution in [1.29, 1.82) is 0 Å². The Balaban J connectivity index is 1.53. The van der Waals surface area contributed by atoms with E-state index in [1.165, 1.54) is 15.5 Å². The van der Waals surface area contributed by atoms with E-state index < -0.39 is 0 Å². The maximum Gasteiger partial charge on any atom is 0.409 e. The first-order chi connectivity index (χ1) is 12.7. The molecule has 1 amide bonds. The number of likely N-dealkylation sites (tertiary alicyclic amines) is 1. The van der Waals surface area contributed by atoms with Gasteiger partial charge in [-0.3, -0.25) is 0 Å². The molecule has 2 heterocycles. The number of fused-ring (bicyclic) bond motifs is 3. The first-order valence-corrected chi connectivity index (χ1v) is 9.92. The van der Waals surface area contributed by atoms with Crippen LogP contribution in [0.3, 0.4) is 0 Å². The van der Waals surface area contributed by atoms with Crippen molar-refractivity contribution in [3.63, 3.8) is 0 Å². The third kappa shape index (κ3) is 3.09. The van der Waals surface area contributed by atoms with Gasteiger partial charge >= 0.3 is 6.09 Å². The minimum absolute atomic E-state index is 0.194. The number of thiazole rings is 1. The number of anilines is 1. The molecule has 26 heavy (non-hydrogen) atoms. The maximum absolute atomic E-state index is 11.9. The third-order valence-electron chi connectivity index (χ3n) is 5.11. The summed E-state index contributed by atoms with van der Waals surface area (Å²) in [7, 11) is 2.12. The van der Waals surface area contributed by atoms with E-state index in [0.29, 0.717) is 12.6 Å². The van der Waals surface area contributed by atoms with Crippen molar-refractivity contribution in [1.82, 2.24) is 9.88 Å². The third-order valence-corrected chi connectivity index (χ3v) is 6.22. The van der Waals surface area contributed by atoms with Crippen LogP contribution in [-0.2, 0) is 4.74 Å². The normalized spacial score (nSPS) is 15.5. The van der Waals surface area contributed by atoms with Crippen molar-refractivity contribution in [2.75, 3.05) is 31.6 Å². The highest BCUT2D eigenvalue weighted by Gasteiger charge is 2.27. The lowest BCUT2D eigenvalue weighted by Gasteiger charge is -2.36. The smallest absolute Gasteiger partial charge is 0.409 e. The average Bonchev–Trinajstić information content (AvgIpc) is 3.12. The number of aromatic nitrogens is 1. The summed E-state index contributed by atoms with van der Waals surface area (Å²) in [6.07, 6.45) is 1.68. The molecule has 1 saturated heterocycles. The molecule has 3 aromatic rings. The highest BCUT2D eigenvalue weighted by Crippen LogP contribution is 2.34. The Bertz CT molecular complexity index is 931. The molecule has 1 aliphatic rings. The molecule has 0 aliphatic carbocycles. The molecular formula is C20H23N3O2S. The summed E-state index contributed by atoms with van der Waals surface area (Å²) >= 11 is 1.74. The highest BCUT2D eigenvalue weighted by atomic mass is 32.1. The molecule has 4 rings (SSSR count). The van der Waals surface area contributed by atoms with Gasteiger partial charge < -0.3 is 14.5 Å². The van der Waals surface area contributed by atoms with Crippen molar-refractivity contribution in [3.05, 3.63) is 36.4 Å². The molecule has 0 radical (unpaired) electrons. The molecule has 1 aliphatic heterocycles. The van der Waals surface area contributed by atoms with Crippen LogP contribution in [0.5, 0.6) is 0 Å². The number of carbonyl (C=O) groups is 1. The molecule has 0 saturated carbocycles. The number of piperidine rings is 1. The predicted molar refractivity (Wildman–Crippen MR) is 107 cm³/mol. The topological polar surface area (TPSA) is 45.7 Å². The SMILES string of the molecule is CCOC(=O)N1CCC(N(C)c2nc3c(ccc4ccccc43)s2)CC1. The Morgan fingerprint density at radius 3 is 2.81 bits per heavy atom. The molecule has 136 valence electrons. The molecule has 0 bridgehead atoms. The van der Waals surface area contributed by atoms with Crippen LogP contribution >= 0.6 is 11.3 Å². The number of hydrogen-bond donors (Lipinski definition) is 0. The molecule has 6 heteroatoms. The van der Waals surface area contributed by atoms with Gasteiger partial charge in [0.15, 0.2) is 5.13 Å². The molecule has 0 spiro atoms. The van der Waals surface area contributed by atoms with Gasteiger partial charge in [-0.15, -0.1) is 0 Å². The first kappa shape index (κ1) is 17.1. The van der Waals surface area contributed by atoms with Crippen LogP contribution in [0.25, 0.3) is 21.0 Å². The predicted octanol–water partition coefficient (Wildman–Crippen LogP) is 4.51. The lowest BCUT2D eigenvalue weighted by molar-refractivity contribution is 0.0971. The van der Waals surface area contributed by atoms with E-state index in [-0.39, 0.29) is 6.09 Å². The number of rotatable bonds is 3. The Hall–Kier alpha value is -2.34.